The van der Waals surface area contributed by atoms with Crippen molar-refractivity contribution in [1.82, 2.24) is 14.9 Å². The molecule has 35 heavy (non-hydrogen) atoms. The summed E-state index contributed by atoms with van der Waals surface area (Å²) in [7, 11) is 0. The molecule has 1 saturated heterocycles. The Morgan fingerprint density at radius 2 is 1.91 bits per heavy atom. The molecule has 1 amide bonds. The highest BCUT2D eigenvalue weighted by Crippen LogP contribution is 2.22. The molecule has 2 atom stereocenters. The Morgan fingerprint density at radius 1 is 1.17 bits per heavy atom. The van der Waals surface area contributed by atoms with Gasteiger partial charge in [-0.1, -0.05) is 24.3 Å². The van der Waals surface area contributed by atoms with E-state index in [4.69, 9.17) is 5.73 Å². The predicted molar refractivity (Wildman–Crippen MR) is 138 cm³/mol. The number of likely N-dealkylation sites (tertiary alicyclic amines) is 1. The summed E-state index contributed by atoms with van der Waals surface area (Å²) in [6.45, 7) is 5.63. The maximum atomic E-state index is 14.3. The monoisotopic (exact) mass is 475 g/mol. The van der Waals surface area contributed by atoms with E-state index in [0.717, 1.165) is 30.4 Å². The number of nitrogens with one attached hydrogen (secondary N) is 3. The summed E-state index contributed by atoms with van der Waals surface area (Å²) in [5.74, 6) is -0.491. The van der Waals surface area contributed by atoms with Gasteiger partial charge in [0.05, 0.1) is 6.20 Å². The number of carbonyl (C=O) groups is 1. The van der Waals surface area contributed by atoms with Crippen LogP contribution in [0.4, 0.5) is 33.2 Å². The van der Waals surface area contributed by atoms with Gasteiger partial charge in [0.1, 0.15) is 0 Å². The zero-order chi connectivity index (χ0) is 24.8. The number of anilines is 5. The first-order valence-corrected chi connectivity index (χ1v) is 11.6. The van der Waals surface area contributed by atoms with Crippen molar-refractivity contribution in [3.05, 3.63) is 78.3 Å². The van der Waals surface area contributed by atoms with E-state index in [0.29, 0.717) is 24.0 Å². The van der Waals surface area contributed by atoms with Gasteiger partial charge in [0, 0.05) is 48.3 Å². The molecule has 3 aromatic rings. The van der Waals surface area contributed by atoms with Crippen molar-refractivity contribution in [1.29, 1.82) is 0 Å². The van der Waals surface area contributed by atoms with E-state index in [9.17, 15) is 9.18 Å². The quantitative estimate of drug-likeness (QED) is 0.359. The van der Waals surface area contributed by atoms with Gasteiger partial charge in [-0.15, -0.1) is 0 Å². The second kappa shape index (κ2) is 11.1. The summed E-state index contributed by atoms with van der Waals surface area (Å²) >= 11 is 0. The smallest absolute Gasteiger partial charge is 0.248 e. The minimum Gasteiger partial charge on any atom is -0.338 e. The maximum Gasteiger partial charge on any atom is 0.248 e. The third-order valence-electron chi connectivity index (χ3n) is 5.76. The van der Waals surface area contributed by atoms with Crippen LogP contribution >= 0.6 is 0 Å². The van der Waals surface area contributed by atoms with E-state index in [1.54, 1.807) is 18.2 Å². The lowest BCUT2D eigenvalue weighted by molar-refractivity contribution is -0.111. The Hall–Kier alpha value is -3.82. The molecule has 0 saturated carbocycles. The molecule has 2 heterocycles. The van der Waals surface area contributed by atoms with E-state index in [1.807, 2.05) is 43.3 Å². The normalized spacial score (nSPS) is 18.1. The molecule has 1 aliphatic rings. The second-order valence-electron chi connectivity index (χ2n) is 8.78. The molecule has 2 aromatic carbocycles. The fraction of sp³-hybridized carbons (Fsp3) is 0.269. The average molecular weight is 476 g/mol. The first kappa shape index (κ1) is 24.3. The number of amides is 1. The van der Waals surface area contributed by atoms with Crippen molar-refractivity contribution >= 4 is 34.7 Å². The van der Waals surface area contributed by atoms with E-state index < -0.39 is 5.82 Å². The average Bonchev–Trinajstić information content (AvgIpc) is 3.13. The molecular weight excluding hydrogens is 445 g/mol. The minimum atomic E-state index is -0.560. The van der Waals surface area contributed by atoms with Crippen molar-refractivity contribution in [2.45, 2.75) is 32.4 Å². The van der Waals surface area contributed by atoms with Gasteiger partial charge in [-0.3, -0.25) is 9.69 Å². The summed E-state index contributed by atoms with van der Waals surface area (Å²) in [5, 5.41) is 8.89. The van der Waals surface area contributed by atoms with E-state index in [1.165, 1.54) is 6.08 Å². The lowest BCUT2D eigenvalue weighted by Crippen LogP contribution is -2.29. The van der Waals surface area contributed by atoms with Crippen molar-refractivity contribution in [2.75, 3.05) is 29.0 Å². The van der Waals surface area contributed by atoms with Crippen LogP contribution in [0.1, 0.15) is 18.9 Å². The molecule has 0 bridgehead atoms. The van der Waals surface area contributed by atoms with E-state index >= 15 is 0 Å². The second-order valence-corrected chi connectivity index (χ2v) is 8.78. The third kappa shape index (κ3) is 6.84. The van der Waals surface area contributed by atoms with Gasteiger partial charge in [-0.2, -0.15) is 4.98 Å². The number of rotatable bonds is 8. The number of carbonyl (C=O) groups excluding carboxylic acids is 1. The first-order valence-electron chi connectivity index (χ1n) is 11.6. The summed E-state index contributed by atoms with van der Waals surface area (Å²) in [4.78, 5) is 22.9. The molecule has 8 nitrogen and oxygen atoms in total. The van der Waals surface area contributed by atoms with Gasteiger partial charge >= 0.3 is 0 Å². The van der Waals surface area contributed by atoms with Gasteiger partial charge in [0.15, 0.2) is 11.6 Å². The largest absolute Gasteiger partial charge is 0.338 e. The minimum absolute atomic E-state index is 0.0657. The summed E-state index contributed by atoms with van der Waals surface area (Å²) in [6, 6.07) is 15.3. The molecule has 0 spiro atoms. The fourth-order valence-corrected chi connectivity index (χ4v) is 4.05. The molecule has 4 rings (SSSR count). The third-order valence-corrected chi connectivity index (χ3v) is 5.76. The molecule has 2 unspecified atom stereocenters. The summed E-state index contributed by atoms with van der Waals surface area (Å²) in [5.41, 5.74) is 9.03. The number of benzene rings is 2. The van der Waals surface area contributed by atoms with Crippen LogP contribution in [0, 0.1) is 12.7 Å². The van der Waals surface area contributed by atoms with Crippen LogP contribution in [-0.2, 0) is 4.79 Å². The lowest BCUT2D eigenvalue weighted by atomic mass is 10.2. The standard InChI is InChI=1S/C26H30FN7O/c1-17-6-3-7-20(12-17)31-25-23(27)15-29-26(33-25)32-22-9-4-8-21(14-22)30-24(35)10-5-11-34-16-19(28)13-18(34)2/h3-10,12,14-15,18-19H,11,13,16,28H2,1-2H3,(H,30,35)(H2,29,31,32,33)/b10-5+. The SMILES string of the molecule is Cc1cccc(Nc2nc(Nc3cccc(NC(=O)/C=C/CN4CC(N)CC4C)c3)ncc2F)c1. The number of nitrogens with zero attached hydrogens (tertiary/aromatic N) is 3. The van der Waals surface area contributed by atoms with Crippen LogP contribution in [0.2, 0.25) is 0 Å². The molecule has 1 aromatic heterocycles. The summed E-state index contributed by atoms with van der Waals surface area (Å²) in [6.07, 6.45) is 5.46. The van der Waals surface area contributed by atoms with Crippen LogP contribution in [0.25, 0.3) is 0 Å². The molecule has 9 heteroatoms. The van der Waals surface area contributed by atoms with Gasteiger partial charge in [0.25, 0.3) is 0 Å². The van der Waals surface area contributed by atoms with Gasteiger partial charge < -0.3 is 21.7 Å². The molecule has 0 radical (unpaired) electrons. The van der Waals surface area contributed by atoms with Gasteiger partial charge in [0.2, 0.25) is 11.9 Å². The van der Waals surface area contributed by atoms with Crippen LogP contribution in [-0.4, -0.2) is 45.9 Å². The Kier molecular flexibility index (Phi) is 7.69. The van der Waals surface area contributed by atoms with Crippen molar-refractivity contribution in [3.8, 4) is 0 Å². The van der Waals surface area contributed by atoms with Crippen molar-refractivity contribution in [2.24, 2.45) is 5.73 Å². The first-order chi connectivity index (χ1) is 16.9. The maximum absolute atomic E-state index is 14.3. The molecular formula is C26H30FN7O. The highest BCUT2D eigenvalue weighted by molar-refractivity contribution is 5.99. The number of hydrogen-bond acceptors (Lipinski definition) is 7. The van der Waals surface area contributed by atoms with Crippen LogP contribution in [0.15, 0.2) is 66.9 Å². The molecule has 182 valence electrons. The van der Waals surface area contributed by atoms with Crippen LogP contribution in [0.5, 0.6) is 0 Å². The summed E-state index contributed by atoms with van der Waals surface area (Å²) < 4.78 is 14.3. The molecule has 5 N–H and O–H groups in total. The zero-order valence-electron chi connectivity index (χ0n) is 19.8. The van der Waals surface area contributed by atoms with E-state index in [2.05, 4.69) is 37.7 Å². The lowest BCUT2D eigenvalue weighted by Gasteiger charge is -2.18. The number of nitrogens with two attached hydrogens (primary N) is 1. The highest BCUT2D eigenvalue weighted by Gasteiger charge is 2.25. The van der Waals surface area contributed by atoms with Crippen molar-refractivity contribution < 1.29 is 9.18 Å². The van der Waals surface area contributed by atoms with Crippen LogP contribution in [0.3, 0.4) is 0 Å². The predicted octanol–water partition coefficient (Wildman–Crippen LogP) is 4.33. The molecule has 1 fully saturated rings. The Bertz CT molecular complexity index is 1220. The number of halogens is 1. The molecule has 0 aliphatic carbocycles. The topological polar surface area (TPSA) is 108 Å². The fourth-order valence-electron chi connectivity index (χ4n) is 4.05. The van der Waals surface area contributed by atoms with Crippen LogP contribution < -0.4 is 21.7 Å². The Morgan fingerprint density at radius 3 is 2.66 bits per heavy atom. The Balaban J connectivity index is 1.36. The number of hydrogen-bond donors (Lipinski definition) is 4. The molecule has 1 aliphatic heterocycles. The van der Waals surface area contributed by atoms with E-state index in [-0.39, 0.29) is 23.7 Å². The van der Waals surface area contributed by atoms with Crippen molar-refractivity contribution in [3.63, 3.8) is 0 Å². The highest BCUT2D eigenvalue weighted by atomic mass is 19.1. The number of aryl methyl sites for hydroxylation is 1. The van der Waals surface area contributed by atoms with Gasteiger partial charge in [-0.25, -0.2) is 9.37 Å². The Labute approximate surface area is 204 Å². The zero-order valence-corrected chi connectivity index (χ0v) is 19.8. The van der Waals surface area contributed by atoms with Gasteiger partial charge in [-0.05, 0) is 56.2 Å². The number of aromatic nitrogens is 2.